The van der Waals surface area contributed by atoms with Crippen LogP contribution < -0.4 is 15.4 Å². The van der Waals surface area contributed by atoms with Gasteiger partial charge in [0.1, 0.15) is 0 Å². The molecule has 3 aromatic rings. The van der Waals surface area contributed by atoms with Gasteiger partial charge in [-0.3, -0.25) is 4.40 Å². The fraction of sp³-hybridized carbons (Fsp3) is 0.316. The second-order valence-corrected chi connectivity index (χ2v) is 5.83. The number of phenols is 1. The summed E-state index contributed by atoms with van der Waals surface area (Å²) in [6, 6.07) is 11.0. The van der Waals surface area contributed by atoms with Crippen LogP contribution in [0, 0.1) is 0 Å². The van der Waals surface area contributed by atoms with Crippen LogP contribution in [-0.4, -0.2) is 38.8 Å². The van der Waals surface area contributed by atoms with Gasteiger partial charge in [-0.2, -0.15) is 0 Å². The maximum atomic E-state index is 9.80. The van der Waals surface area contributed by atoms with E-state index in [0.29, 0.717) is 31.4 Å². The SMILES string of the molecule is CCNC(=NCc1ccc(O)c(OCC)c1)NCc1nnc2ccccn12.I. The summed E-state index contributed by atoms with van der Waals surface area (Å²) in [5.74, 6) is 2.09. The highest BCUT2D eigenvalue weighted by atomic mass is 127. The molecule has 0 fully saturated rings. The first kappa shape index (κ1) is 21.7. The number of nitrogens with zero attached hydrogens (tertiary/aromatic N) is 4. The van der Waals surface area contributed by atoms with E-state index in [0.717, 1.165) is 23.6 Å². The van der Waals surface area contributed by atoms with E-state index < -0.39 is 0 Å². The lowest BCUT2D eigenvalue weighted by molar-refractivity contribution is 0.318. The Hall–Kier alpha value is -2.56. The number of aromatic hydroxyl groups is 1. The molecule has 0 saturated carbocycles. The van der Waals surface area contributed by atoms with Crippen molar-refractivity contribution in [3.05, 3.63) is 54.0 Å². The number of halogens is 1. The molecule has 3 rings (SSSR count). The second kappa shape index (κ2) is 10.7. The lowest BCUT2D eigenvalue weighted by atomic mass is 10.2. The van der Waals surface area contributed by atoms with Crippen molar-refractivity contribution in [3.63, 3.8) is 0 Å². The molecule has 0 radical (unpaired) electrons. The quantitative estimate of drug-likeness (QED) is 0.265. The monoisotopic (exact) mass is 496 g/mol. The van der Waals surface area contributed by atoms with E-state index in [4.69, 9.17) is 4.74 Å². The topological polar surface area (TPSA) is 96.1 Å². The van der Waals surface area contributed by atoms with Gasteiger partial charge in [-0.1, -0.05) is 12.1 Å². The molecule has 2 heterocycles. The summed E-state index contributed by atoms with van der Waals surface area (Å²) in [6.07, 6.45) is 1.93. The van der Waals surface area contributed by atoms with Crippen molar-refractivity contribution in [2.24, 2.45) is 4.99 Å². The number of hydrogen-bond donors (Lipinski definition) is 3. The summed E-state index contributed by atoms with van der Waals surface area (Å²) >= 11 is 0. The Morgan fingerprint density at radius 3 is 2.82 bits per heavy atom. The van der Waals surface area contributed by atoms with Crippen LogP contribution in [0.1, 0.15) is 25.2 Å². The van der Waals surface area contributed by atoms with Gasteiger partial charge in [0.25, 0.3) is 0 Å². The smallest absolute Gasteiger partial charge is 0.191 e. The number of pyridine rings is 1. The van der Waals surface area contributed by atoms with E-state index in [1.807, 2.05) is 48.7 Å². The van der Waals surface area contributed by atoms with Gasteiger partial charge in [-0.05, 0) is 43.7 Å². The maximum absolute atomic E-state index is 9.80. The zero-order chi connectivity index (χ0) is 19.1. The van der Waals surface area contributed by atoms with E-state index >= 15 is 0 Å². The lowest BCUT2D eigenvalue weighted by Crippen LogP contribution is -2.37. The molecule has 0 amide bonds. The number of hydrogen-bond acceptors (Lipinski definition) is 5. The lowest BCUT2D eigenvalue weighted by Gasteiger charge is -2.11. The normalized spacial score (nSPS) is 11.1. The molecule has 28 heavy (non-hydrogen) atoms. The summed E-state index contributed by atoms with van der Waals surface area (Å²) in [7, 11) is 0. The molecule has 0 bridgehead atoms. The van der Waals surface area contributed by atoms with Gasteiger partial charge in [0, 0.05) is 12.7 Å². The molecule has 1 aromatic carbocycles. The molecule has 0 aliphatic rings. The van der Waals surface area contributed by atoms with E-state index in [-0.39, 0.29) is 29.7 Å². The van der Waals surface area contributed by atoms with Gasteiger partial charge >= 0.3 is 0 Å². The fourth-order valence-electron chi connectivity index (χ4n) is 2.61. The van der Waals surface area contributed by atoms with Crippen LogP contribution in [0.2, 0.25) is 0 Å². The van der Waals surface area contributed by atoms with E-state index in [9.17, 15) is 5.11 Å². The number of rotatable bonds is 7. The minimum absolute atomic E-state index is 0. The van der Waals surface area contributed by atoms with Crippen LogP contribution in [0.5, 0.6) is 11.5 Å². The van der Waals surface area contributed by atoms with Gasteiger partial charge < -0.3 is 20.5 Å². The van der Waals surface area contributed by atoms with Gasteiger partial charge in [0.2, 0.25) is 0 Å². The number of phenolic OH excluding ortho intramolecular Hbond substituents is 1. The molecule has 0 aliphatic carbocycles. The number of ether oxygens (including phenoxy) is 1. The van der Waals surface area contributed by atoms with E-state index in [1.54, 1.807) is 12.1 Å². The van der Waals surface area contributed by atoms with Crippen LogP contribution >= 0.6 is 24.0 Å². The summed E-state index contributed by atoms with van der Waals surface area (Å²) in [6.45, 7) is 6.08. The Bertz CT molecular complexity index is 928. The van der Waals surface area contributed by atoms with Crippen LogP contribution in [0.4, 0.5) is 0 Å². The van der Waals surface area contributed by atoms with Gasteiger partial charge in [0.05, 0.1) is 19.7 Å². The number of nitrogens with one attached hydrogen (secondary N) is 2. The Kier molecular flexibility index (Phi) is 8.30. The summed E-state index contributed by atoms with van der Waals surface area (Å²) < 4.78 is 7.36. The first-order valence-electron chi connectivity index (χ1n) is 8.96. The largest absolute Gasteiger partial charge is 0.504 e. The molecular formula is C19H25IN6O2. The third-order valence-corrected chi connectivity index (χ3v) is 3.89. The van der Waals surface area contributed by atoms with Crippen molar-refractivity contribution in [1.82, 2.24) is 25.2 Å². The molecule has 0 aliphatic heterocycles. The Labute approximate surface area is 181 Å². The molecule has 9 heteroatoms. The number of aromatic nitrogens is 3. The van der Waals surface area contributed by atoms with Gasteiger partial charge in [0.15, 0.2) is 28.9 Å². The number of fused-ring (bicyclic) bond motifs is 1. The second-order valence-electron chi connectivity index (χ2n) is 5.83. The minimum Gasteiger partial charge on any atom is -0.504 e. The number of guanidine groups is 1. The highest BCUT2D eigenvalue weighted by molar-refractivity contribution is 14.0. The van der Waals surface area contributed by atoms with Crippen LogP contribution in [-0.2, 0) is 13.1 Å². The van der Waals surface area contributed by atoms with Gasteiger partial charge in [-0.15, -0.1) is 34.2 Å². The molecule has 0 spiro atoms. The van der Waals surface area contributed by atoms with E-state index in [2.05, 4.69) is 25.8 Å². The molecule has 0 unspecified atom stereocenters. The summed E-state index contributed by atoms with van der Waals surface area (Å²) in [5, 5.41) is 24.6. The molecule has 2 aromatic heterocycles. The first-order chi connectivity index (χ1) is 13.2. The standard InChI is InChI=1S/C19H24N6O2.HI/c1-3-20-19(21-12-14-8-9-15(26)16(11-14)27-4-2)22-13-18-24-23-17-7-5-6-10-25(17)18;/h5-11,26H,3-4,12-13H2,1-2H3,(H2,20,21,22);1H. The zero-order valence-electron chi connectivity index (χ0n) is 15.9. The number of aliphatic imine (C=N–C) groups is 1. The molecule has 150 valence electrons. The molecular weight excluding hydrogens is 471 g/mol. The predicted molar refractivity (Wildman–Crippen MR) is 119 cm³/mol. The van der Waals surface area contributed by atoms with Crippen molar-refractivity contribution in [2.45, 2.75) is 26.9 Å². The molecule has 8 nitrogen and oxygen atoms in total. The Morgan fingerprint density at radius 2 is 2.04 bits per heavy atom. The molecule has 0 saturated heterocycles. The fourth-order valence-corrected chi connectivity index (χ4v) is 2.61. The average Bonchev–Trinajstić information content (AvgIpc) is 3.10. The third kappa shape index (κ3) is 5.47. The highest BCUT2D eigenvalue weighted by Gasteiger charge is 2.07. The maximum Gasteiger partial charge on any atom is 0.191 e. The van der Waals surface area contributed by atoms with Gasteiger partial charge in [-0.25, -0.2) is 4.99 Å². The third-order valence-electron chi connectivity index (χ3n) is 3.89. The highest BCUT2D eigenvalue weighted by Crippen LogP contribution is 2.27. The first-order valence-corrected chi connectivity index (χ1v) is 8.96. The zero-order valence-corrected chi connectivity index (χ0v) is 18.3. The van der Waals surface area contributed by atoms with E-state index in [1.165, 1.54) is 0 Å². The Morgan fingerprint density at radius 1 is 1.18 bits per heavy atom. The molecule has 0 atom stereocenters. The van der Waals surface area contributed by atoms with Crippen LogP contribution in [0.3, 0.4) is 0 Å². The van der Waals surface area contributed by atoms with Crippen molar-refractivity contribution in [3.8, 4) is 11.5 Å². The van der Waals surface area contributed by atoms with Crippen molar-refractivity contribution < 1.29 is 9.84 Å². The van der Waals surface area contributed by atoms with Crippen LogP contribution in [0.25, 0.3) is 5.65 Å². The van der Waals surface area contributed by atoms with Crippen molar-refractivity contribution >= 4 is 35.6 Å². The van der Waals surface area contributed by atoms with Crippen LogP contribution in [0.15, 0.2) is 47.6 Å². The summed E-state index contributed by atoms with van der Waals surface area (Å²) in [5.41, 5.74) is 1.75. The average molecular weight is 496 g/mol. The van der Waals surface area contributed by atoms with Crippen molar-refractivity contribution in [2.75, 3.05) is 13.2 Å². The summed E-state index contributed by atoms with van der Waals surface area (Å²) in [4.78, 5) is 4.59. The number of benzene rings is 1. The predicted octanol–water partition coefficient (Wildman–Crippen LogP) is 2.71. The minimum atomic E-state index is 0. The molecule has 3 N–H and O–H groups in total. The Balaban J connectivity index is 0.00000280. The van der Waals surface area contributed by atoms with Crippen molar-refractivity contribution in [1.29, 1.82) is 0 Å².